The second-order valence-corrected chi connectivity index (χ2v) is 4.79. The number of aliphatic imine (C=N–C) groups is 1. The molecule has 4 rings (SSSR count). The fraction of sp³-hybridized carbons (Fsp3) is 0. The maximum absolute atomic E-state index is 12.0. The molecular weight excluding hydrogens is 282 g/mol. The van der Waals surface area contributed by atoms with E-state index in [4.69, 9.17) is 9.47 Å². The highest BCUT2D eigenvalue weighted by atomic mass is 16.6. The Bertz CT molecular complexity index is 865. The lowest BCUT2D eigenvalue weighted by Gasteiger charge is -1.99. The molecule has 0 bridgehead atoms. The Labute approximate surface area is 125 Å². The highest BCUT2D eigenvalue weighted by molar-refractivity contribution is 6.45. The molecule has 0 amide bonds. The third kappa shape index (κ3) is 1.83. The Balaban J connectivity index is 1.84. The Kier molecular flexibility index (Phi) is 2.66. The van der Waals surface area contributed by atoms with Crippen molar-refractivity contribution in [3.63, 3.8) is 0 Å². The van der Waals surface area contributed by atoms with Crippen LogP contribution in [-0.4, -0.2) is 17.7 Å². The number of rotatable bonds is 1. The van der Waals surface area contributed by atoms with E-state index in [9.17, 15) is 9.59 Å². The second kappa shape index (κ2) is 4.66. The zero-order chi connectivity index (χ0) is 15.1. The number of cyclic esters (lactones) is 2. The lowest BCUT2D eigenvalue weighted by molar-refractivity contribution is -0.130. The van der Waals surface area contributed by atoms with E-state index in [1.807, 2.05) is 6.07 Å². The third-order valence-electron chi connectivity index (χ3n) is 3.42. The van der Waals surface area contributed by atoms with Crippen molar-refractivity contribution in [2.45, 2.75) is 0 Å². The zero-order valence-corrected chi connectivity index (χ0v) is 11.3. The molecule has 2 aromatic carbocycles. The molecule has 0 atom stereocenters. The van der Waals surface area contributed by atoms with Crippen LogP contribution in [0.25, 0.3) is 5.76 Å². The molecular formula is C17H9NO4. The predicted octanol–water partition coefficient (Wildman–Crippen LogP) is 2.53. The summed E-state index contributed by atoms with van der Waals surface area (Å²) in [7, 11) is 0. The fourth-order valence-corrected chi connectivity index (χ4v) is 2.40. The minimum absolute atomic E-state index is 0.0159. The summed E-state index contributed by atoms with van der Waals surface area (Å²) in [5.41, 5.74) is 1.86. The molecule has 22 heavy (non-hydrogen) atoms. The van der Waals surface area contributed by atoms with Crippen LogP contribution < -0.4 is 0 Å². The molecule has 0 fully saturated rings. The smallest absolute Gasteiger partial charge is 0.364 e. The van der Waals surface area contributed by atoms with Gasteiger partial charge in [-0.05, 0) is 6.07 Å². The van der Waals surface area contributed by atoms with Crippen LogP contribution in [0.3, 0.4) is 0 Å². The average molecular weight is 291 g/mol. The summed E-state index contributed by atoms with van der Waals surface area (Å²) in [4.78, 5) is 28.0. The van der Waals surface area contributed by atoms with E-state index in [0.29, 0.717) is 16.7 Å². The van der Waals surface area contributed by atoms with Crippen LogP contribution in [0.5, 0.6) is 0 Å². The normalized spacial score (nSPS) is 19.5. The van der Waals surface area contributed by atoms with E-state index >= 15 is 0 Å². The van der Waals surface area contributed by atoms with Gasteiger partial charge in [-0.2, -0.15) is 0 Å². The standard InChI is InChI=1S/C17H9NO4/c19-16-12-9-5-4-8-11(12)14(21-16)15-18-13(17(20)22-15)10-6-2-1-3-7-10/h1-9H/b15-14+. The Morgan fingerprint density at radius 3 is 2.18 bits per heavy atom. The number of esters is 2. The first-order chi connectivity index (χ1) is 10.7. The van der Waals surface area contributed by atoms with E-state index in [1.54, 1.807) is 48.5 Å². The van der Waals surface area contributed by atoms with Crippen LogP contribution in [0.2, 0.25) is 0 Å². The minimum Gasteiger partial charge on any atom is -0.416 e. The van der Waals surface area contributed by atoms with Gasteiger partial charge in [0, 0.05) is 11.1 Å². The molecule has 5 nitrogen and oxygen atoms in total. The molecule has 2 aromatic rings. The minimum atomic E-state index is -0.561. The highest BCUT2D eigenvalue weighted by Crippen LogP contribution is 2.34. The lowest BCUT2D eigenvalue weighted by Crippen LogP contribution is -2.11. The average Bonchev–Trinajstić information content (AvgIpc) is 3.09. The van der Waals surface area contributed by atoms with Crippen LogP contribution in [0.15, 0.2) is 65.5 Å². The molecule has 0 N–H and O–H groups in total. The summed E-state index contributed by atoms with van der Waals surface area (Å²) in [5, 5.41) is 0. The summed E-state index contributed by atoms with van der Waals surface area (Å²) in [6.07, 6.45) is 0. The fourth-order valence-electron chi connectivity index (χ4n) is 2.40. The van der Waals surface area contributed by atoms with Gasteiger partial charge in [-0.15, -0.1) is 0 Å². The van der Waals surface area contributed by atoms with E-state index in [1.165, 1.54) is 0 Å². The Hall–Kier alpha value is -3.21. The van der Waals surface area contributed by atoms with Gasteiger partial charge in [0.05, 0.1) is 5.56 Å². The van der Waals surface area contributed by atoms with Crippen LogP contribution in [0, 0.1) is 0 Å². The van der Waals surface area contributed by atoms with Gasteiger partial charge < -0.3 is 9.47 Å². The number of hydrogen-bond acceptors (Lipinski definition) is 5. The summed E-state index contributed by atoms with van der Waals surface area (Å²) >= 11 is 0. The van der Waals surface area contributed by atoms with Crippen molar-refractivity contribution in [1.29, 1.82) is 0 Å². The molecule has 0 aliphatic carbocycles. The monoisotopic (exact) mass is 291 g/mol. The summed E-state index contributed by atoms with van der Waals surface area (Å²) < 4.78 is 10.4. The van der Waals surface area contributed by atoms with Crippen LogP contribution in [-0.2, 0) is 14.3 Å². The third-order valence-corrected chi connectivity index (χ3v) is 3.42. The van der Waals surface area contributed by atoms with E-state index in [0.717, 1.165) is 0 Å². The van der Waals surface area contributed by atoms with Gasteiger partial charge in [0.2, 0.25) is 5.76 Å². The van der Waals surface area contributed by atoms with Gasteiger partial charge in [-0.3, -0.25) is 0 Å². The van der Waals surface area contributed by atoms with Crippen molar-refractivity contribution < 1.29 is 19.1 Å². The van der Waals surface area contributed by atoms with Crippen molar-refractivity contribution >= 4 is 23.4 Å². The first-order valence-electron chi connectivity index (χ1n) is 6.66. The van der Waals surface area contributed by atoms with Crippen LogP contribution >= 0.6 is 0 Å². The van der Waals surface area contributed by atoms with Gasteiger partial charge >= 0.3 is 11.9 Å². The van der Waals surface area contributed by atoms with Crippen molar-refractivity contribution in [2.75, 3.05) is 0 Å². The summed E-state index contributed by atoms with van der Waals surface area (Å²) in [5.74, 6) is -0.839. The molecule has 2 heterocycles. The number of hydrogen-bond donors (Lipinski definition) is 0. The molecule has 0 unspecified atom stereocenters. The molecule has 0 radical (unpaired) electrons. The highest BCUT2D eigenvalue weighted by Gasteiger charge is 2.34. The van der Waals surface area contributed by atoms with Gasteiger partial charge in [0.15, 0.2) is 5.71 Å². The summed E-state index contributed by atoms with van der Waals surface area (Å²) in [6, 6.07) is 15.9. The van der Waals surface area contributed by atoms with Gasteiger partial charge in [-0.25, -0.2) is 14.6 Å². The second-order valence-electron chi connectivity index (χ2n) is 4.79. The number of nitrogens with zero attached hydrogens (tertiary/aromatic N) is 1. The van der Waals surface area contributed by atoms with Crippen molar-refractivity contribution in [3.8, 4) is 0 Å². The van der Waals surface area contributed by atoms with Crippen molar-refractivity contribution in [2.24, 2.45) is 4.99 Å². The van der Waals surface area contributed by atoms with Crippen LogP contribution in [0.4, 0.5) is 0 Å². The first-order valence-corrected chi connectivity index (χ1v) is 6.66. The SMILES string of the molecule is O=C1O/C(=C2/OC(=O)c3ccccc32)N=C1c1ccccc1. The molecule has 0 aromatic heterocycles. The summed E-state index contributed by atoms with van der Waals surface area (Å²) in [6.45, 7) is 0. The maximum Gasteiger partial charge on any atom is 0.364 e. The van der Waals surface area contributed by atoms with E-state index in [2.05, 4.69) is 4.99 Å². The quantitative estimate of drug-likeness (QED) is 0.757. The van der Waals surface area contributed by atoms with Crippen molar-refractivity contribution in [1.82, 2.24) is 0 Å². The first kappa shape index (κ1) is 12.5. The number of carbonyl (C=O) groups excluding carboxylic acids is 2. The molecule has 2 aliphatic rings. The maximum atomic E-state index is 12.0. The topological polar surface area (TPSA) is 65.0 Å². The van der Waals surface area contributed by atoms with Crippen LogP contribution in [0.1, 0.15) is 21.5 Å². The number of ether oxygens (including phenoxy) is 2. The predicted molar refractivity (Wildman–Crippen MR) is 77.8 cm³/mol. The Morgan fingerprint density at radius 2 is 1.41 bits per heavy atom. The van der Waals surface area contributed by atoms with E-state index < -0.39 is 11.9 Å². The number of benzene rings is 2. The molecule has 0 spiro atoms. The molecule has 0 saturated heterocycles. The lowest BCUT2D eigenvalue weighted by atomic mass is 10.1. The largest absolute Gasteiger partial charge is 0.416 e. The molecule has 5 heteroatoms. The number of carbonyl (C=O) groups is 2. The van der Waals surface area contributed by atoms with Gasteiger partial charge in [0.1, 0.15) is 0 Å². The Morgan fingerprint density at radius 1 is 0.727 bits per heavy atom. The number of fused-ring (bicyclic) bond motifs is 1. The van der Waals surface area contributed by atoms with Crippen molar-refractivity contribution in [3.05, 3.63) is 77.2 Å². The molecule has 2 aliphatic heterocycles. The zero-order valence-electron chi connectivity index (χ0n) is 11.3. The molecule has 0 saturated carbocycles. The molecule has 106 valence electrons. The van der Waals surface area contributed by atoms with E-state index in [-0.39, 0.29) is 17.4 Å². The van der Waals surface area contributed by atoms with Gasteiger partial charge in [0.25, 0.3) is 5.88 Å². The van der Waals surface area contributed by atoms with Gasteiger partial charge in [-0.1, -0.05) is 48.5 Å².